The van der Waals surface area contributed by atoms with E-state index in [-0.39, 0.29) is 23.1 Å². The number of carbonyl (C=O) groups excluding carboxylic acids is 2. The molecule has 0 bridgehead atoms. The zero-order chi connectivity index (χ0) is 34.2. The van der Waals surface area contributed by atoms with Gasteiger partial charge in [0, 0.05) is 89.7 Å². The summed E-state index contributed by atoms with van der Waals surface area (Å²) in [5.74, 6) is -0.776. The predicted octanol–water partition coefficient (Wildman–Crippen LogP) is 5.44. The zero-order valence-corrected chi connectivity index (χ0v) is 28.2. The molecule has 1 N–H and O–H groups in total. The number of amides is 2. The molecule has 0 radical (unpaired) electrons. The first-order valence-electron chi connectivity index (χ1n) is 17.0. The van der Waals surface area contributed by atoms with Crippen LogP contribution in [-0.2, 0) is 17.7 Å². The second-order valence-electron chi connectivity index (χ2n) is 12.8. The van der Waals surface area contributed by atoms with Crippen molar-refractivity contribution in [1.82, 2.24) is 20.1 Å². The van der Waals surface area contributed by atoms with Crippen LogP contribution in [0.15, 0.2) is 85.1 Å². The number of halogens is 1. The van der Waals surface area contributed by atoms with E-state index in [2.05, 4.69) is 39.5 Å². The maximum atomic E-state index is 14.2. The summed E-state index contributed by atoms with van der Waals surface area (Å²) in [6, 6.07) is 24.3. The van der Waals surface area contributed by atoms with Gasteiger partial charge >= 0.3 is 0 Å². The number of hydrogen-bond donors (Lipinski definition) is 1. The summed E-state index contributed by atoms with van der Waals surface area (Å²) in [6.07, 6.45) is 3.59. The molecule has 0 saturated carbocycles. The third-order valence-corrected chi connectivity index (χ3v) is 9.16. The van der Waals surface area contributed by atoms with Crippen LogP contribution in [0.5, 0.6) is 5.88 Å². The van der Waals surface area contributed by atoms with Gasteiger partial charge in [-0.3, -0.25) is 14.5 Å². The number of pyridine rings is 1. The van der Waals surface area contributed by atoms with Crippen molar-refractivity contribution in [1.29, 1.82) is 0 Å². The number of rotatable bonds is 11. The number of likely N-dealkylation sites (tertiary alicyclic amines) is 1. The van der Waals surface area contributed by atoms with Crippen molar-refractivity contribution >= 4 is 17.5 Å². The first-order valence-corrected chi connectivity index (χ1v) is 17.0. The van der Waals surface area contributed by atoms with E-state index in [0.717, 1.165) is 61.3 Å². The summed E-state index contributed by atoms with van der Waals surface area (Å²) < 4.78 is 25.9. The Bertz CT molecular complexity index is 1700. The first-order chi connectivity index (χ1) is 23.8. The van der Waals surface area contributed by atoms with Crippen molar-refractivity contribution in [2.24, 2.45) is 0 Å². The normalized spacial score (nSPS) is 15.5. The van der Waals surface area contributed by atoms with Crippen LogP contribution < -0.4 is 15.0 Å². The lowest BCUT2D eigenvalue weighted by Crippen LogP contribution is -2.42. The molecule has 256 valence electrons. The Balaban J connectivity index is 0.987. The molecule has 2 fully saturated rings. The molecule has 9 nitrogen and oxygen atoms in total. The fourth-order valence-electron chi connectivity index (χ4n) is 6.23. The smallest absolute Gasteiger partial charge is 0.254 e. The van der Waals surface area contributed by atoms with E-state index in [1.165, 1.54) is 17.7 Å². The molecule has 4 aromatic rings. The quantitative estimate of drug-likeness (QED) is 0.228. The highest BCUT2D eigenvalue weighted by Gasteiger charge is 2.28. The molecule has 6 rings (SSSR count). The van der Waals surface area contributed by atoms with Crippen molar-refractivity contribution in [3.8, 4) is 17.0 Å². The lowest BCUT2D eigenvalue weighted by molar-refractivity contribution is 0.0342. The summed E-state index contributed by atoms with van der Waals surface area (Å²) in [5, 5.41) is 2.86. The van der Waals surface area contributed by atoms with Gasteiger partial charge in [0.15, 0.2) is 0 Å². The van der Waals surface area contributed by atoms with Crippen molar-refractivity contribution in [3.63, 3.8) is 0 Å². The number of carbonyl (C=O) groups is 2. The minimum absolute atomic E-state index is 0.0439. The van der Waals surface area contributed by atoms with Gasteiger partial charge in [0.05, 0.1) is 24.3 Å². The van der Waals surface area contributed by atoms with Gasteiger partial charge in [-0.05, 0) is 59.5 Å². The Kier molecular flexibility index (Phi) is 11.2. The maximum Gasteiger partial charge on any atom is 0.254 e. The molecule has 0 unspecified atom stereocenters. The second kappa shape index (κ2) is 16.1. The number of morpholine rings is 1. The molecular weight excluding hydrogens is 621 g/mol. The minimum Gasteiger partial charge on any atom is -0.474 e. The van der Waals surface area contributed by atoms with Gasteiger partial charge in [-0.15, -0.1) is 0 Å². The Hall–Kier alpha value is -4.80. The molecule has 1 aromatic heterocycles. The molecule has 0 spiro atoms. The van der Waals surface area contributed by atoms with Crippen LogP contribution in [0, 0.1) is 5.82 Å². The molecule has 0 atom stereocenters. The lowest BCUT2D eigenvalue weighted by Gasteiger charge is -2.32. The van der Waals surface area contributed by atoms with E-state index in [4.69, 9.17) is 9.47 Å². The number of anilines is 1. The highest BCUT2D eigenvalue weighted by molar-refractivity contribution is 6.07. The molecule has 2 saturated heterocycles. The van der Waals surface area contributed by atoms with E-state index >= 15 is 0 Å². The van der Waals surface area contributed by atoms with Gasteiger partial charge in [0.1, 0.15) is 11.9 Å². The number of hydrogen-bond acceptors (Lipinski definition) is 7. The number of nitrogens with one attached hydrogen (secondary N) is 1. The Morgan fingerprint density at radius 2 is 1.57 bits per heavy atom. The second-order valence-corrected chi connectivity index (χ2v) is 12.8. The summed E-state index contributed by atoms with van der Waals surface area (Å²) in [7, 11) is 3.96. The maximum absolute atomic E-state index is 14.2. The molecular formula is C39H44FN5O4. The Morgan fingerprint density at radius 1 is 0.878 bits per heavy atom. The van der Waals surface area contributed by atoms with E-state index < -0.39 is 11.7 Å². The summed E-state index contributed by atoms with van der Waals surface area (Å²) in [6.45, 7) is 5.72. The van der Waals surface area contributed by atoms with Crippen molar-refractivity contribution in [2.75, 3.05) is 64.9 Å². The fourth-order valence-corrected chi connectivity index (χ4v) is 6.23. The summed E-state index contributed by atoms with van der Waals surface area (Å²) in [5.41, 5.74) is 5.79. The van der Waals surface area contributed by atoms with Crippen LogP contribution in [0.25, 0.3) is 11.1 Å². The number of ether oxygens (including phenoxy) is 2. The predicted molar refractivity (Wildman–Crippen MR) is 189 cm³/mol. The lowest BCUT2D eigenvalue weighted by atomic mass is 10.0. The molecule has 2 aliphatic rings. The van der Waals surface area contributed by atoms with E-state index in [1.807, 2.05) is 61.6 Å². The van der Waals surface area contributed by atoms with Crippen molar-refractivity contribution < 1.29 is 23.5 Å². The van der Waals surface area contributed by atoms with E-state index in [0.29, 0.717) is 44.8 Å². The first kappa shape index (κ1) is 34.1. The topological polar surface area (TPSA) is 87.2 Å². The third-order valence-electron chi connectivity index (χ3n) is 9.16. The van der Waals surface area contributed by atoms with Crippen LogP contribution in [-0.4, -0.2) is 92.7 Å². The van der Waals surface area contributed by atoms with Crippen LogP contribution in [0.3, 0.4) is 0 Å². The molecule has 0 aliphatic carbocycles. The molecule has 10 heteroatoms. The number of benzene rings is 3. The minimum atomic E-state index is -0.563. The van der Waals surface area contributed by atoms with E-state index in [9.17, 15) is 14.0 Å². The molecule has 3 heterocycles. The Labute approximate surface area is 287 Å². The van der Waals surface area contributed by atoms with Gasteiger partial charge in [0.25, 0.3) is 11.8 Å². The fraction of sp³-hybridized carbons (Fsp3) is 0.359. The molecule has 3 aromatic carbocycles. The van der Waals surface area contributed by atoms with Gasteiger partial charge in [-0.25, -0.2) is 9.37 Å². The highest BCUT2D eigenvalue weighted by atomic mass is 19.1. The van der Waals surface area contributed by atoms with Gasteiger partial charge in [0.2, 0.25) is 5.88 Å². The standard InChI is InChI=1S/C39H44FN5O4/c1-43(2)33-11-5-28(6-12-33)15-18-41-38(46)36-25-32(40)10-13-35(36)39(47)45-19-16-34(17-20-45)49-37-14-9-31(26-42-37)30-7-3-29(4-8-30)27-44-21-23-48-24-22-44/h3-14,25-26,34H,15-24,27H2,1-2H3,(H,41,46). The molecule has 2 aliphatic heterocycles. The molecule has 49 heavy (non-hydrogen) atoms. The monoisotopic (exact) mass is 665 g/mol. The van der Waals surface area contributed by atoms with Crippen LogP contribution in [0.2, 0.25) is 0 Å². The SMILES string of the molecule is CN(C)c1ccc(CCNC(=O)c2cc(F)ccc2C(=O)N2CCC(Oc3ccc(-c4ccc(CN5CCOCC5)cc4)cn3)CC2)cc1. The average molecular weight is 666 g/mol. The largest absolute Gasteiger partial charge is 0.474 e. The Morgan fingerprint density at radius 3 is 2.24 bits per heavy atom. The number of nitrogens with zero attached hydrogens (tertiary/aromatic N) is 4. The van der Waals surface area contributed by atoms with Crippen molar-refractivity contribution in [3.05, 3.63) is 113 Å². The number of piperidine rings is 1. The number of aromatic nitrogens is 1. The van der Waals surface area contributed by atoms with Crippen molar-refractivity contribution in [2.45, 2.75) is 31.9 Å². The van der Waals surface area contributed by atoms with Crippen LogP contribution in [0.4, 0.5) is 10.1 Å². The van der Waals surface area contributed by atoms with Gasteiger partial charge < -0.3 is 24.6 Å². The zero-order valence-electron chi connectivity index (χ0n) is 28.2. The highest BCUT2D eigenvalue weighted by Crippen LogP contribution is 2.25. The van der Waals surface area contributed by atoms with Crippen LogP contribution in [0.1, 0.15) is 44.7 Å². The summed E-state index contributed by atoms with van der Waals surface area (Å²) in [4.78, 5) is 37.3. The van der Waals surface area contributed by atoms with E-state index in [1.54, 1.807) is 4.90 Å². The van der Waals surface area contributed by atoms with Gasteiger partial charge in [-0.2, -0.15) is 0 Å². The van der Waals surface area contributed by atoms with Gasteiger partial charge in [-0.1, -0.05) is 36.4 Å². The average Bonchev–Trinajstić information content (AvgIpc) is 3.13. The molecule has 2 amide bonds. The third kappa shape index (κ3) is 9.01. The van der Waals surface area contributed by atoms with Crippen LogP contribution >= 0.6 is 0 Å². The summed E-state index contributed by atoms with van der Waals surface area (Å²) >= 11 is 0.